The first kappa shape index (κ1) is 12.3. The molecule has 6 heteroatoms. The molecule has 0 saturated carbocycles. The van der Waals surface area contributed by atoms with E-state index < -0.39 is 10.0 Å². The van der Waals surface area contributed by atoms with E-state index in [9.17, 15) is 8.42 Å². The summed E-state index contributed by atoms with van der Waals surface area (Å²) in [6.07, 6.45) is 1.78. The van der Waals surface area contributed by atoms with Crippen molar-refractivity contribution < 1.29 is 13.2 Å². The summed E-state index contributed by atoms with van der Waals surface area (Å²) in [6, 6.07) is 0.132. The number of ether oxygens (including phenoxy) is 1. The predicted octanol–water partition coefficient (Wildman–Crippen LogP) is -0.354. The van der Waals surface area contributed by atoms with E-state index in [2.05, 4.69) is 5.32 Å². The average Bonchev–Trinajstić information content (AvgIpc) is 2.86. The molecule has 2 heterocycles. The Hall–Kier alpha value is -0.170. The van der Waals surface area contributed by atoms with E-state index in [0.717, 1.165) is 25.9 Å². The molecule has 5 nitrogen and oxygen atoms in total. The first-order valence-corrected chi connectivity index (χ1v) is 7.44. The Labute approximate surface area is 97.2 Å². The summed E-state index contributed by atoms with van der Waals surface area (Å²) in [5.41, 5.74) is 0. The van der Waals surface area contributed by atoms with Gasteiger partial charge in [0.2, 0.25) is 10.0 Å². The molecule has 0 amide bonds. The van der Waals surface area contributed by atoms with Crippen molar-refractivity contribution in [1.82, 2.24) is 9.62 Å². The van der Waals surface area contributed by atoms with Crippen LogP contribution in [-0.4, -0.2) is 57.9 Å². The minimum Gasteiger partial charge on any atom is -0.381 e. The van der Waals surface area contributed by atoms with Gasteiger partial charge in [0.05, 0.1) is 12.4 Å². The SMILES string of the molecule is CN(C1CCNC1)S(=O)(=O)CC1CCOC1. The van der Waals surface area contributed by atoms with Crippen molar-refractivity contribution in [3.05, 3.63) is 0 Å². The molecule has 0 aliphatic carbocycles. The van der Waals surface area contributed by atoms with E-state index in [0.29, 0.717) is 13.2 Å². The molecule has 2 atom stereocenters. The Morgan fingerprint density at radius 3 is 2.81 bits per heavy atom. The molecule has 0 spiro atoms. The van der Waals surface area contributed by atoms with E-state index in [1.165, 1.54) is 0 Å². The highest BCUT2D eigenvalue weighted by Crippen LogP contribution is 2.19. The molecule has 0 aromatic rings. The van der Waals surface area contributed by atoms with Crippen LogP contribution in [0.5, 0.6) is 0 Å². The van der Waals surface area contributed by atoms with Crippen LogP contribution in [0.3, 0.4) is 0 Å². The van der Waals surface area contributed by atoms with Gasteiger partial charge in [-0.3, -0.25) is 0 Å². The number of sulfonamides is 1. The molecule has 0 aromatic carbocycles. The summed E-state index contributed by atoms with van der Waals surface area (Å²) in [4.78, 5) is 0. The lowest BCUT2D eigenvalue weighted by atomic mass is 10.2. The van der Waals surface area contributed by atoms with Crippen molar-refractivity contribution in [2.45, 2.75) is 18.9 Å². The maximum atomic E-state index is 12.1. The molecule has 2 aliphatic heterocycles. The zero-order chi connectivity index (χ0) is 11.6. The number of likely N-dealkylation sites (N-methyl/N-ethyl adjacent to an activating group) is 1. The lowest BCUT2D eigenvalue weighted by molar-refractivity contribution is 0.188. The quantitative estimate of drug-likeness (QED) is 0.738. The zero-order valence-corrected chi connectivity index (χ0v) is 10.5. The summed E-state index contributed by atoms with van der Waals surface area (Å²) >= 11 is 0. The van der Waals surface area contributed by atoms with Crippen LogP contribution in [0.15, 0.2) is 0 Å². The lowest BCUT2D eigenvalue weighted by Gasteiger charge is -2.24. The van der Waals surface area contributed by atoms with Crippen LogP contribution < -0.4 is 5.32 Å². The molecule has 1 N–H and O–H groups in total. The number of rotatable bonds is 4. The maximum Gasteiger partial charge on any atom is 0.214 e. The topological polar surface area (TPSA) is 58.6 Å². The molecule has 2 rings (SSSR count). The minimum atomic E-state index is -3.11. The number of hydrogen-bond acceptors (Lipinski definition) is 4. The van der Waals surface area contributed by atoms with Gasteiger partial charge in [0.15, 0.2) is 0 Å². The van der Waals surface area contributed by atoms with Crippen LogP contribution in [0.2, 0.25) is 0 Å². The van der Waals surface area contributed by atoms with Crippen LogP contribution in [0.4, 0.5) is 0 Å². The van der Waals surface area contributed by atoms with Crippen molar-refractivity contribution in [2.75, 3.05) is 39.1 Å². The van der Waals surface area contributed by atoms with Gasteiger partial charge in [-0.15, -0.1) is 0 Å². The normalized spacial score (nSPS) is 31.4. The third-order valence-corrected chi connectivity index (χ3v) is 5.53. The van der Waals surface area contributed by atoms with E-state index in [4.69, 9.17) is 4.74 Å². The van der Waals surface area contributed by atoms with Crippen LogP contribution in [0.1, 0.15) is 12.8 Å². The standard InChI is InChI=1S/C10H20N2O3S/c1-12(10-2-4-11-6-10)16(13,14)8-9-3-5-15-7-9/h9-11H,2-8H2,1H3. The molecule has 2 fully saturated rings. The second kappa shape index (κ2) is 5.00. The smallest absolute Gasteiger partial charge is 0.214 e. The van der Waals surface area contributed by atoms with Gasteiger partial charge in [-0.25, -0.2) is 12.7 Å². The predicted molar refractivity (Wildman–Crippen MR) is 61.8 cm³/mol. The molecular formula is C10H20N2O3S. The van der Waals surface area contributed by atoms with Crippen LogP contribution in [-0.2, 0) is 14.8 Å². The average molecular weight is 248 g/mol. The van der Waals surface area contributed by atoms with Crippen LogP contribution >= 0.6 is 0 Å². The molecule has 2 saturated heterocycles. The van der Waals surface area contributed by atoms with Gasteiger partial charge in [0.25, 0.3) is 0 Å². The van der Waals surface area contributed by atoms with Crippen LogP contribution in [0.25, 0.3) is 0 Å². The summed E-state index contributed by atoms with van der Waals surface area (Å²) in [7, 11) is -1.42. The van der Waals surface area contributed by atoms with Crippen molar-refractivity contribution in [3.63, 3.8) is 0 Å². The Morgan fingerprint density at radius 1 is 1.44 bits per heavy atom. The van der Waals surface area contributed by atoms with Gasteiger partial charge in [-0.05, 0) is 25.3 Å². The van der Waals surface area contributed by atoms with Gasteiger partial charge in [0, 0.05) is 26.2 Å². The summed E-state index contributed by atoms with van der Waals surface area (Å²) in [5, 5.41) is 3.19. The monoisotopic (exact) mass is 248 g/mol. The largest absolute Gasteiger partial charge is 0.381 e. The molecule has 0 bridgehead atoms. The van der Waals surface area contributed by atoms with E-state index in [-0.39, 0.29) is 17.7 Å². The highest BCUT2D eigenvalue weighted by Gasteiger charge is 2.31. The Morgan fingerprint density at radius 2 is 2.25 bits per heavy atom. The number of hydrogen-bond donors (Lipinski definition) is 1. The fraction of sp³-hybridized carbons (Fsp3) is 1.00. The molecule has 2 unspecified atom stereocenters. The molecule has 2 aliphatic rings. The number of nitrogens with one attached hydrogen (secondary N) is 1. The lowest BCUT2D eigenvalue weighted by Crippen LogP contribution is -2.41. The van der Waals surface area contributed by atoms with Gasteiger partial charge >= 0.3 is 0 Å². The Kier molecular flexibility index (Phi) is 3.84. The second-order valence-electron chi connectivity index (χ2n) is 4.67. The van der Waals surface area contributed by atoms with E-state index >= 15 is 0 Å². The fourth-order valence-electron chi connectivity index (χ4n) is 2.31. The maximum absolute atomic E-state index is 12.1. The minimum absolute atomic E-state index is 0.132. The fourth-order valence-corrected chi connectivity index (χ4v) is 4.04. The van der Waals surface area contributed by atoms with Gasteiger partial charge in [-0.1, -0.05) is 0 Å². The highest BCUT2D eigenvalue weighted by atomic mass is 32.2. The molecule has 0 aromatic heterocycles. The summed E-state index contributed by atoms with van der Waals surface area (Å²) < 4.78 is 31.0. The molecule has 94 valence electrons. The van der Waals surface area contributed by atoms with Crippen LogP contribution in [0, 0.1) is 5.92 Å². The van der Waals surface area contributed by atoms with Gasteiger partial charge in [-0.2, -0.15) is 0 Å². The molecule has 16 heavy (non-hydrogen) atoms. The highest BCUT2D eigenvalue weighted by molar-refractivity contribution is 7.89. The van der Waals surface area contributed by atoms with E-state index in [1.54, 1.807) is 11.4 Å². The van der Waals surface area contributed by atoms with Gasteiger partial charge < -0.3 is 10.1 Å². The molecular weight excluding hydrogens is 228 g/mol. The Bertz CT molecular complexity index is 319. The molecule has 0 radical (unpaired) electrons. The first-order valence-electron chi connectivity index (χ1n) is 5.84. The first-order chi connectivity index (χ1) is 7.59. The van der Waals surface area contributed by atoms with Gasteiger partial charge in [0.1, 0.15) is 0 Å². The van der Waals surface area contributed by atoms with Crippen molar-refractivity contribution in [1.29, 1.82) is 0 Å². The van der Waals surface area contributed by atoms with Crippen molar-refractivity contribution in [2.24, 2.45) is 5.92 Å². The Balaban J connectivity index is 1.94. The second-order valence-corrected chi connectivity index (χ2v) is 6.74. The van der Waals surface area contributed by atoms with Crippen molar-refractivity contribution >= 4 is 10.0 Å². The van der Waals surface area contributed by atoms with E-state index in [1.807, 2.05) is 0 Å². The number of nitrogens with zero attached hydrogens (tertiary/aromatic N) is 1. The summed E-state index contributed by atoms with van der Waals surface area (Å²) in [6.45, 7) is 2.98. The zero-order valence-electron chi connectivity index (χ0n) is 9.68. The third kappa shape index (κ3) is 2.74. The summed E-state index contributed by atoms with van der Waals surface area (Å²) in [5.74, 6) is 0.418. The third-order valence-electron chi connectivity index (χ3n) is 3.46. The van der Waals surface area contributed by atoms with Crippen molar-refractivity contribution in [3.8, 4) is 0 Å².